The first-order valence-electron chi connectivity index (χ1n) is 8.78. The van der Waals surface area contributed by atoms with Crippen molar-refractivity contribution in [2.75, 3.05) is 5.75 Å². The quantitative estimate of drug-likeness (QED) is 0.563. The van der Waals surface area contributed by atoms with E-state index in [1.54, 1.807) is 0 Å². The second-order valence-corrected chi connectivity index (χ2v) is 7.20. The molecule has 0 atom stereocenters. The molecule has 0 bridgehead atoms. The van der Waals surface area contributed by atoms with E-state index in [1.165, 1.54) is 30.2 Å². The van der Waals surface area contributed by atoms with Crippen molar-refractivity contribution in [3.05, 3.63) is 34.9 Å². The van der Waals surface area contributed by atoms with Crippen LogP contribution < -0.4 is 0 Å². The molecule has 1 aliphatic carbocycles. The number of hydrogen-bond donors (Lipinski definition) is 0. The minimum atomic E-state index is 0.160. The fourth-order valence-corrected chi connectivity index (χ4v) is 4.11. The van der Waals surface area contributed by atoms with E-state index >= 15 is 0 Å². The third-order valence-electron chi connectivity index (χ3n) is 4.73. The molecule has 24 heavy (non-hydrogen) atoms. The van der Waals surface area contributed by atoms with Crippen LogP contribution in [-0.4, -0.2) is 31.7 Å². The minimum Gasteiger partial charge on any atom is -0.293 e. The predicted octanol–water partition coefficient (Wildman–Crippen LogP) is 3.89. The standard InChI is InChI=1S/C18H24N4OS/c1-3-13-9-10-14(4-2)16(11-13)17(23)12-24-18-19-20-21-22(18)15-7-5-6-8-15/h9-11,15H,3-8,12H2,1-2H3. The molecule has 5 nitrogen and oxygen atoms in total. The van der Waals surface area contributed by atoms with Gasteiger partial charge in [-0.05, 0) is 53.3 Å². The van der Waals surface area contributed by atoms with E-state index in [9.17, 15) is 4.79 Å². The summed E-state index contributed by atoms with van der Waals surface area (Å²) in [6, 6.07) is 6.64. The number of carbonyl (C=O) groups is 1. The van der Waals surface area contributed by atoms with E-state index in [0.717, 1.165) is 42.0 Å². The lowest BCUT2D eigenvalue weighted by Crippen LogP contribution is -2.11. The maximum absolute atomic E-state index is 12.7. The van der Waals surface area contributed by atoms with Crippen molar-refractivity contribution in [3.63, 3.8) is 0 Å². The Kier molecular flexibility index (Phi) is 5.66. The van der Waals surface area contributed by atoms with Crippen molar-refractivity contribution in [2.24, 2.45) is 0 Å². The number of hydrogen-bond acceptors (Lipinski definition) is 5. The molecule has 1 saturated carbocycles. The Morgan fingerprint density at radius 1 is 1.25 bits per heavy atom. The highest BCUT2D eigenvalue weighted by Crippen LogP contribution is 2.31. The van der Waals surface area contributed by atoms with E-state index in [2.05, 4.69) is 41.5 Å². The molecule has 0 spiro atoms. The highest BCUT2D eigenvalue weighted by atomic mass is 32.2. The third kappa shape index (κ3) is 3.69. The van der Waals surface area contributed by atoms with Crippen molar-refractivity contribution in [1.29, 1.82) is 0 Å². The Balaban J connectivity index is 1.71. The Bertz CT molecular complexity index is 707. The van der Waals surface area contributed by atoms with Crippen molar-refractivity contribution < 1.29 is 4.79 Å². The summed E-state index contributed by atoms with van der Waals surface area (Å²) < 4.78 is 1.91. The van der Waals surface area contributed by atoms with Crippen molar-refractivity contribution in [3.8, 4) is 0 Å². The topological polar surface area (TPSA) is 60.7 Å². The molecule has 6 heteroatoms. The molecule has 128 valence electrons. The number of aryl methyl sites for hydroxylation is 2. The summed E-state index contributed by atoms with van der Waals surface area (Å²) in [6.07, 6.45) is 6.54. The summed E-state index contributed by atoms with van der Waals surface area (Å²) in [7, 11) is 0. The van der Waals surface area contributed by atoms with Gasteiger partial charge in [0, 0.05) is 5.56 Å². The summed E-state index contributed by atoms with van der Waals surface area (Å²) in [4.78, 5) is 12.7. The molecular weight excluding hydrogens is 320 g/mol. The van der Waals surface area contributed by atoms with Crippen LogP contribution in [-0.2, 0) is 12.8 Å². The molecule has 0 unspecified atom stereocenters. The largest absolute Gasteiger partial charge is 0.293 e. The third-order valence-corrected chi connectivity index (χ3v) is 5.66. The van der Waals surface area contributed by atoms with Crippen LogP contribution in [0.1, 0.15) is 67.1 Å². The molecule has 0 N–H and O–H groups in total. The van der Waals surface area contributed by atoms with Crippen LogP contribution in [0.2, 0.25) is 0 Å². The summed E-state index contributed by atoms with van der Waals surface area (Å²) in [5.41, 5.74) is 3.17. The number of carbonyl (C=O) groups excluding carboxylic acids is 1. The van der Waals surface area contributed by atoms with Crippen molar-refractivity contribution in [1.82, 2.24) is 20.2 Å². The van der Waals surface area contributed by atoms with Gasteiger partial charge < -0.3 is 0 Å². The Hall–Kier alpha value is -1.69. The van der Waals surface area contributed by atoms with Gasteiger partial charge in [-0.1, -0.05) is 50.6 Å². The van der Waals surface area contributed by atoms with E-state index in [1.807, 2.05) is 10.7 Å². The smallest absolute Gasteiger partial charge is 0.210 e. The summed E-state index contributed by atoms with van der Waals surface area (Å²) in [6.45, 7) is 4.20. The molecule has 0 amide bonds. The maximum Gasteiger partial charge on any atom is 0.210 e. The Labute approximate surface area is 147 Å². The first-order valence-corrected chi connectivity index (χ1v) is 9.77. The van der Waals surface area contributed by atoms with E-state index in [0.29, 0.717) is 11.8 Å². The summed E-state index contributed by atoms with van der Waals surface area (Å²) in [5, 5.41) is 12.8. The highest BCUT2D eigenvalue weighted by molar-refractivity contribution is 7.99. The zero-order chi connectivity index (χ0) is 16.9. The Morgan fingerprint density at radius 3 is 2.75 bits per heavy atom. The first-order chi connectivity index (χ1) is 11.7. The van der Waals surface area contributed by atoms with Crippen LogP contribution in [0.15, 0.2) is 23.4 Å². The average Bonchev–Trinajstić information content (AvgIpc) is 3.29. The zero-order valence-electron chi connectivity index (χ0n) is 14.4. The van der Waals surface area contributed by atoms with E-state index < -0.39 is 0 Å². The second-order valence-electron chi connectivity index (χ2n) is 6.25. The minimum absolute atomic E-state index is 0.160. The lowest BCUT2D eigenvalue weighted by Gasteiger charge is -2.11. The van der Waals surface area contributed by atoms with Crippen molar-refractivity contribution in [2.45, 2.75) is 63.6 Å². The summed E-state index contributed by atoms with van der Waals surface area (Å²) >= 11 is 1.45. The molecule has 0 aliphatic heterocycles. The second kappa shape index (κ2) is 7.92. The number of Topliss-reactive ketones (excluding diaryl/α,β-unsaturated/α-hetero) is 1. The van der Waals surface area contributed by atoms with Crippen LogP contribution in [0.25, 0.3) is 0 Å². The zero-order valence-corrected chi connectivity index (χ0v) is 15.2. The maximum atomic E-state index is 12.7. The normalized spacial score (nSPS) is 15.1. The SMILES string of the molecule is CCc1ccc(CC)c(C(=O)CSc2nnnn2C2CCCC2)c1. The van der Waals surface area contributed by atoms with E-state index in [-0.39, 0.29) is 5.78 Å². The van der Waals surface area contributed by atoms with Gasteiger partial charge in [-0.25, -0.2) is 4.68 Å². The average molecular weight is 344 g/mol. The van der Waals surface area contributed by atoms with Crippen LogP contribution in [0.4, 0.5) is 0 Å². The van der Waals surface area contributed by atoms with Gasteiger partial charge in [0.1, 0.15) is 0 Å². The van der Waals surface area contributed by atoms with Gasteiger partial charge in [-0.15, -0.1) is 5.10 Å². The lowest BCUT2D eigenvalue weighted by atomic mass is 9.98. The predicted molar refractivity (Wildman–Crippen MR) is 95.6 cm³/mol. The van der Waals surface area contributed by atoms with Gasteiger partial charge in [0.25, 0.3) is 0 Å². The fraction of sp³-hybridized carbons (Fsp3) is 0.556. The van der Waals surface area contributed by atoms with E-state index in [4.69, 9.17) is 0 Å². The van der Waals surface area contributed by atoms with Gasteiger partial charge >= 0.3 is 0 Å². The van der Waals surface area contributed by atoms with Crippen LogP contribution in [0, 0.1) is 0 Å². The van der Waals surface area contributed by atoms with Gasteiger partial charge in [0.2, 0.25) is 5.16 Å². The number of thioether (sulfide) groups is 1. The first kappa shape index (κ1) is 17.1. The molecule has 2 aromatic rings. The van der Waals surface area contributed by atoms with Gasteiger partial charge in [0.05, 0.1) is 11.8 Å². The van der Waals surface area contributed by atoms with Gasteiger partial charge in [0.15, 0.2) is 5.78 Å². The number of ketones is 1. The van der Waals surface area contributed by atoms with Crippen LogP contribution >= 0.6 is 11.8 Å². The fourth-order valence-electron chi connectivity index (χ4n) is 3.28. The molecular formula is C18H24N4OS. The molecule has 1 fully saturated rings. The molecule has 1 aromatic carbocycles. The van der Waals surface area contributed by atoms with Gasteiger partial charge in [-0.2, -0.15) is 0 Å². The molecule has 0 radical (unpaired) electrons. The van der Waals surface area contributed by atoms with Crippen LogP contribution in [0.5, 0.6) is 0 Å². The number of nitrogens with zero attached hydrogens (tertiary/aromatic N) is 4. The Morgan fingerprint density at radius 2 is 2.04 bits per heavy atom. The molecule has 0 saturated heterocycles. The molecule has 3 rings (SSSR count). The lowest BCUT2D eigenvalue weighted by molar-refractivity contribution is 0.102. The number of tetrazole rings is 1. The monoisotopic (exact) mass is 344 g/mol. The number of benzene rings is 1. The molecule has 1 aromatic heterocycles. The van der Waals surface area contributed by atoms with Gasteiger partial charge in [-0.3, -0.25) is 4.79 Å². The molecule has 1 heterocycles. The van der Waals surface area contributed by atoms with Crippen molar-refractivity contribution >= 4 is 17.5 Å². The summed E-state index contributed by atoms with van der Waals surface area (Å²) in [5.74, 6) is 0.543. The number of rotatable bonds is 7. The van der Waals surface area contributed by atoms with Crippen LogP contribution in [0.3, 0.4) is 0 Å². The number of aromatic nitrogens is 4. The molecule has 1 aliphatic rings. The highest BCUT2D eigenvalue weighted by Gasteiger charge is 2.22.